The van der Waals surface area contributed by atoms with E-state index in [0.717, 1.165) is 31.5 Å². The van der Waals surface area contributed by atoms with Gasteiger partial charge in [-0.05, 0) is 19.3 Å². The first-order valence-corrected chi connectivity index (χ1v) is 7.13. The molecule has 0 unspecified atom stereocenters. The largest absolute Gasteiger partial charge is 0.468 e. The number of ketones is 1. The highest BCUT2D eigenvalue weighted by atomic mass is 16.5. The molecule has 0 N–H and O–H groups in total. The van der Waals surface area contributed by atoms with Crippen LogP contribution in [0.3, 0.4) is 0 Å². The molecule has 114 valence electrons. The van der Waals surface area contributed by atoms with Crippen molar-refractivity contribution in [3.8, 4) is 0 Å². The van der Waals surface area contributed by atoms with Crippen molar-refractivity contribution >= 4 is 12.3 Å². The van der Waals surface area contributed by atoms with Crippen LogP contribution in [0.5, 0.6) is 0 Å². The van der Waals surface area contributed by atoms with Crippen molar-refractivity contribution < 1.29 is 14.3 Å². The number of aryl methyl sites for hydroxylation is 2. The molecule has 0 spiro atoms. The predicted octanol–water partition coefficient (Wildman–Crippen LogP) is 2.17. The molecular weight excluding hydrogens is 258 g/mol. The fraction of sp³-hybridized carbons (Fsp3) is 0.714. The molecule has 0 saturated carbocycles. The van der Waals surface area contributed by atoms with Crippen molar-refractivity contribution in [1.82, 2.24) is 15.0 Å². The Morgan fingerprint density at radius 1 is 1.35 bits per heavy atom. The molecule has 1 heterocycles. The monoisotopic (exact) mass is 283 g/mol. The van der Waals surface area contributed by atoms with Gasteiger partial charge in [-0.15, -0.1) is 5.10 Å². The molecule has 0 radical (unpaired) electrons. The SMILES string of the molecule is CCCOC=O.CCCn1cc(CCC(=O)CC)nn1. The van der Waals surface area contributed by atoms with Crippen LogP contribution in [0.2, 0.25) is 0 Å². The maximum atomic E-state index is 11.1. The van der Waals surface area contributed by atoms with Gasteiger partial charge in [-0.1, -0.05) is 26.0 Å². The van der Waals surface area contributed by atoms with Crippen LogP contribution in [0.1, 0.15) is 52.1 Å². The van der Waals surface area contributed by atoms with Gasteiger partial charge in [0.15, 0.2) is 0 Å². The van der Waals surface area contributed by atoms with E-state index in [0.29, 0.717) is 25.9 Å². The normalized spacial score (nSPS) is 9.55. The third kappa shape index (κ3) is 9.24. The predicted molar refractivity (Wildman–Crippen MR) is 76.2 cm³/mol. The van der Waals surface area contributed by atoms with E-state index >= 15 is 0 Å². The van der Waals surface area contributed by atoms with Gasteiger partial charge in [0.2, 0.25) is 0 Å². The van der Waals surface area contributed by atoms with Gasteiger partial charge in [0.1, 0.15) is 5.78 Å². The van der Waals surface area contributed by atoms with Crippen molar-refractivity contribution in [3.63, 3.8) is 0 Å². The van der Waals surface area contributed by atoms with Gasteiger partial charge in [0.05, 0.1) is 12.3 Å². The van der Waals surface area contributed by atoms with Crippen LogP contribution in [0.15, 0.2) is 6.20 Å². The molecule has 0 aliphatic rings. The summed E-state index contributed by atoms with van der Waals surface area (Å²) >= 11 is 0. The van der Waals surface area contributed by atoms with Crippen molar-refractivity contribution in [2.24, 2.45) is 0 Å². The summed E-state index contributed by atoms with van der Waals surface area (Å²) in [5.41, 5.74) is 0.917. The Kier molecular flexibility index (Phi) is 11.3. The van der Waals surface area contributed by atoms with Gasteiger partial charge in [0, 0.05) is 25.6 Å². The molecule has 6 nitrogen and oxygen atoms in total. The van der Waals surface area contributed by atoms with Gasteiger partial charge in [-0.2, -0.15) is 0 Å². The lowest BCUT2D eigenvalue weighted by Crippen LogP contribution is -1.98. The smallest absolute Gasteiger partial charge is 0.293 e. The first kappa shape index (κ1) is 18.3. The Morgan fingerprint density at radius 2 is 2.10 bits per heavy atom. The molecule has 0 atom stereocenters. The second-order valence-corrected chi connectivity index (χ2v) is 4.33. The Balaban J connectivity index is 0.000000511. The summed E-state index contributed by atoms with van der Waals surface area (Å²) < 4.78 is 6.13. The molecule has 1 aromatic rings. The molecule has 0 bridgehead atoms. The number of Topliss-reactive ketones (excluding diaryl/α,β-unsaturated/α-hetero) is 1. The van der Waals surface area contributed by atoms with Crippen molar-refractivity contribution in [1.29, 1.82) is 0 Å². The molecule has 0 fully saturated rings. The summed E-state index contributed by atoms with van der Waals surface area (Å²) in [4.78, 5) is 20.4. The Labute approximate surface area is 120 Å². The fourth-order valence-electron chi connectivity index (χ4n) is 1.40. The quantitative estimate of drug-likeness (QED) is 0.513. The zero-order chi connectivity index (χ0) is 15.2. The fourth-order valence-corrected chi connectivity index (χ4v) is 1.40. The lowest BCUT2D eigenvalue weighted by atomic mass is 10.1. The highest BCUT2D eigenvalue weighted by Gasteiger charge is 2.03. The van der Waals surface area contributed by atoms with Crippen LogP contribution in [0, 0.1) is 0 Å². The summed E-state index contributed by atoms with van der Waals surface area (Å²) in [6.45, 7) is 7.84. The number of hydrogen-bond acceptors (Lipinski definition) is 5. The summed E-state index contributed by atoms with van der Waals surface area (Å²) in [5, 5.41) is 7.97. The summed E-state index contributed by atoms with van der Waals surface area (Å²) in [6, 6.07) is 0. The van der Waals surface area contributed by atoms with Crippen molar-refractivity contribution in [2.75, 3.05) is 6.61 Å². The van der Waals surface area contributed by atoms with E-state index in [1.165, 1.54) is 0 Å². The molecule has 0 aliphatic heterocycles. The Hall–Kier alpha value is -1.72. The van der Waals surface area contributed by atoms with Crippen molar-refractivity contribution in [2.45, 2.75) is 59.4 Å². The first-order chi connectivity index (χ1) is 9.67. The molecule has 6 heteroatoms. The van der Waals surface area contributed by atoms with E-state index in [-0.39, 0.29) is 5.78 Å². The zero-order valence-corrected chi connectivity index (χ0v) is 12.7. The topological polar surface area (TPSA) is 74.1 Å². The second kappa shape index (κ2) is 12.3. The van der Waals surface area contributed by atoms with Gasteiger partial charge in [-0.25, -0.2) is 0 Å². The maximum absolute atomic E-state index is 11.1. The molecule has 20 heavy (non-hydrogen) atoms. The zero-order valence-electron chi connectivity index (χ0n) is 12.7. The number of carbonyl (C=O) groups excluding carboxylic acids is 2. The van der Waals surface area contributed by atoms with Crippen LogP contribution < -0.4 is 0 Å². The van der Waals surface area contributed by atoms with Crippen LogP contribution in [0.25, 0.3) is 0 Å². The van der Waals surface area contributed by atoms with Gasteiger partial charge < -0.3 is 4.74 Å². The van der Waals surface area contributed by atoms with Crippen LogP contribution in [-0.2, 0) is 27.3 Å². The third-order valence-electron chi connectivity index (χ3n) is 2.48. The molecule has 0 amide bonds. The first-order valence-electron chi connectivity index (χ1n) is 7.13. The Morgan fingerprint density at radius 3 is 2.60 bits per heavy atom. The minimum atomic E-state index is 0.287. The second-order valence-electron chi connectivity index (χ2n) is 4.33. The minimum absolute atomic E-state index is 0.287. The van der Waals surface area contributed by atoms with Crippen LogP contribution >= 0.6 is 0 Å². The third-order valence-corrected chi connectivity index (χ3v) is 2.48. The number of aromatic nitrogens is 3. The number of ether oxygens (including phenoxy) is 1. The molecule has 0 aliphatic carbocycles. The lowest BCUT2D eigenvalue weighted by Gasteiger charge is -1.94. The highest BCUT2D eigenvalue weighted by Crippen LogP contribution is 2.00. The van der Waals surface area contributed by atoms with Crippen LogP contribution in [0.4, 0.5) is 0 Å². The van der Waals surface area contributed by atoms with E-state index in [4.69, 9.17) is 0 Å². The van der Waals surface area contributed by atoms with E-state index < -0.39 is 0 Å². The lowest BCUT2D eigenvalue weighted by molar-refractivity contribution is -0.128. The summed E-state index contributed by atoms with van der Waals surface area (Å²) in [7, 11) is 0. The average Bonchev–Trinajstić information content (AvgIpc) is 2.91. The highest BCUT2D eigenvalue weighted by molar-refractivity contribution is 5.78. The van der Waals surface area contributed by atoms with E-state index in [1.54, 1.807) is 0 Å². The molecule has 0 saturated heterocycles. The van der Waals surface area contributed by atoms with Crippen LogP contribution in [-0.4, -0.2) is 33.9 Å². The van der Waals surface area contributed by atoms with Gasteiger partial charge in [-0.3, -0.25) is 14.3 Å². The van der Waals surface area contributed by atoms with Crippen molar-refractivity contribution in [3.05, 3.63) is 11.9 Å². The summed E-state index contributed by atoms with van der Waals surface area (Å²) in [5.74, 6) is 0.287. The number of nitrogens with zero attached hydrogens (tertiary/aromatic N) is 3. The minimum Gasteiger partial charge on any atom is -0.468 e. The van der Waals surface area contributed by atoms with E-state index in [9.17, 15) is 9.59 Å². The number of carbonyl (C=O) groups is 2. The van der Waals surface area contributed by atoms with E-state index in [1.807, 2.05) is 24.7 Å². The van der Waals surface area contributed by atoms with Gasteiger partial charge >= 0.3 is 0 Å². The molecule has 1 aromatic heterocycles. The average molecular weight is 283 g/mol. The maximum Gasteiger partial charge on any atom is 0.293 e. The standard InChI is InChI=1S/C10H17N3O.C4H8O2/c1-3-7-13-8-9(11-12-13)5-6-10(14)4-2;1-2-3-6-4-5/h8H,3-7H2,1-2H3;4H,2-3H2,1H3. The van der Waals surface area contributed by atoms with E-state index in [2.05, 4.69) is 22.0 Å². The Bertz CT molecular complexity index is 377. The molecular formula is C14H25N3O3. The summed E-state index contributed by atoms with van der Waals surface area (Å²) in [6.07, 6.45) is 5.79. The molecule has 1 rings (SSSR count). The number of rotatable bonds is 9. The number of hydrogen-bond donors (Lipinski definition) is 0. The molecule has 0 aromatic carbocycles. The van der Waals surface area contributed by atoms with Gasteiger partial charge in [0.25, 0.3) is 6.47 Å².